The van der Waals surface area contributed by atoms with E-state index in [1.165, 1.54) is 14.2 Å². The van der Waals surface area contributed by atoms with E-state index in [1.54, 1.807) is 5.01 Å². The molecular formula is C24H18Br2N2O4. The molecule has 0 amide bonds. The summed E-state index contributed by atoms with van der Waals surface area (Å²) in [5, 5.41) is 6.25. The zero-order valence-corrected chi connectivity index (χ0v) is 20.7. The molecule has 2 aromatic carbocycles. The molecule has 8 heteroatoms. The molecule has 0 saturated carbocycles. The van der Waals surface area contributed by atoms with Gasteiger partial charge in [0.2, 0.25) is 0 Å². The Morgan fingerprint density at radius 1 is 0.969 bits per heavy atom. The number of allylic oxidation sites excluding steroid dienone is 1. The summed E-state index contributed by atoms with van der Waals surface area (Å²) >= 11 is 7.18. The van der Waals surface area contributed by atoms with Crippen LogP contribution < -0.4 is 0 Å². The van der Waals surface area contributed by atoms with Gasteiger partial charge in [-0.25, -0.2) is 14.6 Å². The molecule has 6 nitrogen and oxygen atoms in total. The summed E-state index contributed by atoms with van der Waals surface area (Å²) in [5.41, 5.74) is 3.78. The summed E-state index contributed by atoms with van der Waals surface area (Å²) in [5.74, 6) is -1.24. The summed E-state index contributed by atoms with van der Waals surface area (Å²) in [4.78, 5) is 26.5. The molecule has 3 aliphatic rings. The Morgan fingerprint density at radius 2 is 1.53 bits per heavy atom. The van der Waals surface area contributed by atoms with Crippen LogP contribution in [0.15, 0.2) is 73.9 Å². The number of rotatable bonds is 2. The lowest BCUT2D eigenvalue weighted by Crippen LogP contribution is -2.44. The van der Waals surface area contributed by atoms with Crippen molar-refractivity contribution in [3.8, 4) is 11.1 Å². The minimum Gasteiger partial charge on any atom is -0.466 e. The average Bonchev–Trinajstić information content (AvgIpc) is 3.23. The maximum atomic E-state index is 13.4. The molecule has 1 atom stereocenters. The average molecular weight is 558 g/mol. The van der Waals surface area contributed by atoms with Crippen LogP contribution in [0.3, 0.4) is 0 Å². The van der Waals surface area contributed by atoms with Crippen molar-refractivity contribution in [2.75, 3.05) is 14.2 Å². The standard InChI is InChI=1S/C24H18Br2N2O4/c1-12-4-9-19-24(20(22(29)31-2)21(23(30)32-3)28(19)27-12)17-10-13(25)5-7-15(17)16-8-6-14(26)11-18(16)24/h4-11,19H,1-3H3. The molecular weight excluding hydrogens is 540 g/mol. The minimum atomic E-state index is -1.02. The number of fused-ring (bicyclic) bond motifs is 7. The molecule has 0 saturated heterocycles. The lowest BCUT2D eigenvalue weighted by atomic mass is 9.68. The van der Waals surface area contributed by atoms with Crippen molar-refractivity contribution >= 4 is 49.5 Å². The van der Waals surface area contributed by atoms with E-state index in [-0.39, 0.29) is 11.3 Å². The molecule has 0 aromatic heterocycles. The van der Waals surface area contributed by atoms with Crippen LogP contribution >= 0.6 is 31.9 Å². The first-order valence-corrected chi connectivity index (χ1v) is 11.5. The number of halogens is 2. The van der Waals surface area contributed by atoms with Crippen LogP contribution in [-0.2, 0) is 24.5 Å². The fourth-order valence-electron chi connectivity index (χ4n) is 5.08. The summed E-state index contributed by atoms with van der Waals surface area (Å²) in [6, 6.07) is 11.5. The van der Waals surface area contributed by atoms with E-state index in [0.29, 0.717) is 5.71 Å². The summed E-state index contributed by atoms with van der Waals surface area (Å²) in [7, 11) is 2.61. The number of esters is 2. The van der Waals surface area contributed by atoms with Gasteiger partial charge in [-0.2, -0.15) is 5.10 Å². The largest absolute Gasteiger partial charge is 0.466 e. The number of ether oxygens (including phenoxy) is 2. The van der Waals surface area contributed by atoms with Crippen molar-refractivity contribution in [3.63, 3.8) is 0 Å². The highest BCUT2D eigenvalue weighted by molar-refractivity contribution is 9.10. The van der Waals surface area contributed by atoms with Crippen molar-refractivity contribution in [2.24, 2.45) is 5.10 Å². The van der Waals surface area contributed by atoms with E-state index in [2.05, 4.69) is 37.0 Å². The number of methoxy groups -OCH3 is 2. The first-order valence-electron chi connectivity index (χ1n) is 9.89. The third-order valence-corrected chi connectivity index (χ3v) is 7.21. The van der Waals surface area contributed by atoms with E-state index in [0.717, 1.165) is 31.2 Å². The third kappa shape index (κ3) is 2.65. The first kappa shape index (κ1) is 21.2. The monoisotopic (exact) mass is 556 g/mol. The molecule has 0 N–H and O–H groups in total. The fraction of sp³-hybridized carbons (Fsp3) is 0.208. The van der Waals surface area contributed by atoms with Crippen molar-refractivity contribution in [3.05, 3.63) is 79.9 Å². The highest BCUT2D eigenvalue weighted by atomic mass is 79.9. The van der Waals surface area contributed by atoms with Gasteiger partial charge in [0.1, 0.15) is 0 Å². The Bertz CT molecular complexity index is 1240. The molecule has 2 heterocycles. The van der Waals surface area contributed by atoms with Crippen LogP contribution in [-0.4, -0.2) is 42.9 Å². The molecule has 5 rings (SSSR count). The maximum Gasteiger partial charge on any atom is 0.356 e. The van der Waals surface area contributed by atoms with Gasteiger partial charge in [-0.15, -0.1) is 0 Å². The predicted octanol–water partition coefficient (Wildman–Crippen LogP) is 4.71. The molecule has 0 radical (unpaired) electrons. The number of benzene rings is 2. The molecule has 1 spiro atoms. The molecule has 2 aliphatic heterocycles. The van der Waals surface area contributed by atoms with Gasteiger partial charge in [0.25, 0.3) is 0 Å². The SMILES string of the molecule is COC(=O)C1=C(C(=O)OC)C2(c3cc(Br)ccc3-c3ccc(Br)cc32)C2C=CC(C)=NN12. The van der Waals surface area contributed by atoms with E-state index in [1.807, 2.05) is 55.5 Å². The van der Waals surface area contributed by atoms with Gasteiger partial charge in [-0.3, -0.25) is 0 Å². The van der Waals surface area contributed by atoms with Gasteiger partial charge in [0.15, 0.2) is 5.70 Å². The zero-order chi connectivity index (χ0) is 22.8. The smallest absolute Gasteiger partial charge is 0.356 e. The van der Waals surface area contributed by atoms with Crippen LogP contribution in [0.5, 0.6) is 0 Å². The number of nitrogens with zero attached hydrogens (tertiary/aromatic N) is 2. The number of carbonyl (C=O) groups is 2. The van der Waals surface area contributed by atoms with E-state index in [4.69, 9.17) is 9.47 Å². The minimum absolute atomic E-state index is 0.0896. The lowest BCUT2D eigenvalue weighted by molar-refractivity contribution is -0.140. The third-order valence-electron chi connectivity index (χ3n) is 6.22. The van der Waals surface area contributed by atoms with Gasteiger partial charge in [0, 0.05) is 8.95 Å². The van der Waals surface area contributed by atoms with Crippen LogP contribution in [0, 0.1) is 0 Å². The van der Waals surface area contributed by atoms with Crippen LogP contribution in [0.25, 0.3) is 11.1 Å². The Morgan fingerprint density at radius 3 is 2.06 bits per heavy atom. The molecule has 2 aromatic rings. The van der Waals surface area contributed by atoms with E-state index >= 15 is 0 Å². The molecule has 1 aliphatic carbocycles. The lowest BCUT2D eigenvalue weighted by Gasteiger charge is -2.37. The number of carbonyl (C=O) groups excluding carboxylic acids is 2. The Balaban J connectivity index is 1.98. The second kappa shape index (κ2) is 7.42. The summed E-state index contributed by atoms with van der Waals surface area (Å²) in [6.07, 6.45) is 3.90. The first-order chi connectivity index (χ1) is 15.3. The van der Waals surface area contributed by atoms with E-state index < -0.39 is 23.4 Å². The highest BCUT2D eigenvalue weighted by Gasteiger charge is 2.63. The van der Waals surface area contributed by atoms with Gasteiger partial charge in [-0.05, 0) is 59.5 Å². The molecule has 0 bridgehead atoms. The normalized spacial score (nSPS) is 19.5. The zero-order valence-electron chi connectivity index (χ0n) is 17.5. The molecule has 32 heavy (non-hydrogen) atoms. The number of hydrazone groups is 1. The van der Waals surface area contributed by atoms with Gasteiger partial charge in [-0.1, -0.05) is 50.1 Å². The summed E-state index contributed by atoms with van der Waals surface area (Å²) in [6.45, 7) is 1.84. The van der Waals surface area contributed by atoms with Crippen molar-refractivity contribution in [1.82, 2.24) is 5.01 Å². The Kier molecular flexibility index (Phi) is 4.90. The van der Waals surface area contributed by atoms with Gasteiger partial charge < -0.3 is 9.47 Å². The summed E-state index contributed by atoms with van der Waals surface area (Å²) < 4.78 is 12.1. The van der Waals surface area contributed by atoms with Crippen LogP contribution in [0.1, 0.15) is 18.1 Å². The fourth-order valence-corrected chi connectivity index (χ4v) is 5.81. The van der Waals surface area contributed by atoms with Crippen molar-refractivity contribution < 1.29 is 19.1 Å². The van der Waals surface area contributed by atoms with Crippen molar-refractivity contribution in [2.45, 2.75) is 18.4 Å². The van der Waals surface area contributed by atoms with Crippen molar-refractivity contribution in [1.29, 1.82) is 0 Å². The van der Waals surface area contributed by atoms with Crippen LogP contribution in [0.4, 0.5) is 0 Å². The second-order valence-electron chi connectivity index (χ2n) is 7.78. The maximum absolute atomic E-state index is 13.4. The topological polar surface area (TPSA) is 68.2 Å². The number of hydrogen-bond acceptors (Lipinski definition) is 6. The molecule has 1 unspecified atom stereocenters. The molecule has 162 valence electrons. The Labute approximate surface area is 201 Å². The van der Waals surface area contributed by atoms with E-state index in [9.17, 15) is 9.59 Å². The molecule has 0 fully saturated rings. The van der Waals surface area contributed by atoms with Gasteiger partial charge in [0.05, 0.1) is 37.0 Å². The Hall–Kier alpha value is -2.71. The highest BCUT2D eigenvalue weighted by Crippen LogP contribution is 2.61. The quantitative estimate of drug-likeness (QED) is 0.500. The number of hydrogen-bond donors (Lipinski definition) is 0. The van der Waals surface area contributed by atoms with Gasteiger partial charge >= 0.3 is 11.9 Å². The second-order valence-corrected chi connectivity index (χ2v) is 9.62. The van der Waals surface area contributed by atoms with Crippen LogP contribution in [0.2, 0.25) is 0 Å². The predicted molar refractivity (Wildman–Crippen MR) is 127 cm³/mol.